The number of aromatic nitrogens is 4. The van der Waals surface area contributed by atoms with Crippen molar-refractivity contribution < 1.29 is 22.3 Å². The van der Waals surface area contributed by atoms with Gasteiger partial charge in [0, 0.05) is 43.2 Å². The van der Waals surface area contributed by atoms with Gasteiger partial charge in [-0.25, -0.2) is 22.6 Å². The maximum Gasteiger partial charge on any atom is 0.238 e. The molecule has 194 valence electrons. The molecular weight excluding hydrogens is 509 g/mol. The Hall–Kier alpha value is -2.68. The predicted molar refractivity (Wildman–Crippen MR) is 133 cm³/mol. The smallest absolute Gasteiger partial charge is 0.238 e. The molecule has 2 aliphatic rings. The second kappa shape index (κ2) is 9.01. The van der Waals surface area contributed by atoms with E-state index < -0.39 is 22.1 Å². The van der Waals surface area contributed by atoms with Crippen LogP contribution < -0.4 is 10.0 Å². The number of piperazine rings is 1. The van der Waals surface area contributed by atoms with E-state index in [1.807, 2.05) is 18.7 Å². The number of primary sulfonamides is 1. The van der Waals surface area contributed by atoms with Crippen LogP contribution in [0, 0.1) is 12.8 Å². The normalized spacial score (nSPS) is 18.2. The molecule has 2 N–H and O–H groups in total. The number of carbonyl (C=O) groups excluding carboxylic acids is 1. The Labute approximate surface area is 212 Å². The molecule has 36 heavy (non-hydrogen) atoms. The van der Waals surface area contributed by atoms with Gasteiger partial charge in [-0.1, -0.05) is 25.2 Å². The van der Waals surface area contributed by atoms with Gasteiger partial charge in [0.05, 0.1) is 34.7 Å². The molecule has 2 saturated heterocycles. The maximum absolute atomic E-state index is 14.5. The maximum atomic E-state index is 14.5. The van der Waals surface area contributed by atoms with Crippen LogP contribution in [0.2, 0.25) is 0 Å². The van der Waals surface area contributed by atoms with Crippen LogP contribution in [-0.4, -0.2) is 85.3 Å². The van der Waals surface area contributed by atoms with Crippen molar-refractivity contribution in [3.05, 3.63) is 22.8 Å². The lowest BCUT2D eigenvalue weighted by Crippen LogP contribution is -2.50. The number of amides is 1. The molecule has 0 bridgehead atoms. The molecule has 1 amide bonds. The largest absolute Gasteiger partial charge is 0.379 e. The first-order chi connectivity index (χ1) is 17.0. The Bertz CT molecular complexity index is 1420. The number of aryl methyl sites for hydroxylation is 1. The van der Waals surface area contributed by atoms with E-state index in [2.05, 4.69) is 10.2 Å². The number of benzene rings is 1. The summed E-state index contributed by atoms with van der Waals surface area (Å²) in [5.41, 5.74) is 0.561. The van der Waals surface area contributed by atoms with E-state index in [1.54, 1.807) is 11.8 Å². The average molecular weight is 538 g/mol. The third kappa shape index (κ3) is 4.15. The molecular formula is C22H28FN7O4S2. The average Bonchev–Trinajstić information content (AvgIpc) is 3.41. The standard InChI is InChI=1S/C22H28FN7O4S2/c1-13(2)20(31)29-6-4-28(5-7-29)16-8-15(36(24,32)33)9-17-18(16)19(22(10-23)11-34-12-22)27-30(17)21-26-25-14(3)35-21/h8-9,13H,4-7,10-12H2,1-3H3,(H2,24,32,33). The van der Waals surface area contributed by atoms with E-state index in [1.165, 1.54) is 28.2 Å². The molecule has 0 atom stereocenters. The lowest BCUT2D eigenvalue weighted by atomic mass is 9.82. The first-order valence-electron chi connectivity index (χ1n) is 11.6. The number of ether oxygens (including phenoxy) is 1. The number of halogens is 1. The van der Waals surface area contributed by atoms with Crippen molar-refractivity contribution in [2.24, 2.45) is 11.1 Å². The number of hydrogen-bond acceptors (Lipinski definition) is 9. The first kappa shape index (κ1) is 25.0. The van der Waals surface area contributed by atoms with Crippen molar-refractivity contribution in [2.75, 3.05) is 51.0 Å². The zero-order valence-electron chi connectivity index (χ0n) is 20.3. The van der Waals surface area contributed by atoms with Gasteiger partial charge in [-0.15, -0.1) is 10.2 Å². The summed E-state index contributed by atoms with van der Waals surface area (Å²) >= 11 is 1.29. The fourth-order valence-corrected chi connectivity index (χ4v) is 5.87. The van der Waals surface area contributed by atoms with Crippen LogP contribution in [0.4, 0.5) is 10.1 Å². The summed E-state index contributed by atoms with van der Waals surface area (Å²) in [6.45, 7) is 7.09. The summed E-state index contributed by atoms with van der Waals surface area (Å²) in [6.07, 6.45) is 0. The van der Waals surface area contributed by atoms with E-state index in [4.69, 9.17) is 15.0 Å². The number of nitrogens with two attached hydrogens (primary N) is 1. The Morgan fingerprint density at radius 3 is 2.42 bits per heavy atom. The van der Waals surface area contributed by atoms with Crippen molar-refractivity contribution in [1.82, 2.24) is 24.9 Å². The first-order valence-corrected chi connectivity index (χ1v) is 14.0. The second-order valence-electron chi connectivity index (χ2n) is 9.62. The van der Waals surface area contributed by atoms with Gasteiger partial charge in [0.25, 0.3) is 0 Å². The molecule has 0 unspecified atom stereocenters. The lowest BCUT2D eigenvalue weighted by molar-refractivity contribution is -0.134. The number of anilines is 1. The van der Waals surface area contributed by atoms with Gasteiger partial charge in [-0.3, -0.25) is 4.79 Å². The SMILES string of the molecule is Cc1nnc(-n2nc(C3(CF)COC3)c3c(N4CCN(C(=O)C(C)C)CC4)cc(S(N)(=O)=O)cc32)s1. The molecule has 4 heterocycles. The molecule has 2 fully saturated rings. The summed E-state index contributed by atoms with van der Waals surface area (Å²) in [4.78, 5) is 16.2. The van der Waals surface area contributed by atoms with Crippen LogP contribution in [0.5, 0.6) is 0 Å². The van der Waals surface area contributed by atoms with Gasteiger partial charge in [-0.05, 0) is 19.1 Å². The zero-order chi connectivity index (χ0) is 25.8. The summed E-state index contributed by atoms with van der Waals surface area (Å²) in [5.74, 6) is -0.0431. The molecule has 0 saturated carbocycles. The van der Waals surface area contributed by atoms with E-state index in [0.29, 0.717) is 58.6 Å². The van der Waals surface area contributed by atoms with Gasteiger partial charge < -0.3 is 14.5 Å². The molecule has 0 radical (unpaired) electrons. The number of carbonyl (C=O) groups is 1. The Morgan fingerprint density at radius 1 is 1.22 bits per heavy atom. The molecule has 0 aliphatic carbocycles. The van der Waals surface area contributed by atoms with Crippen LogP contribution in [0.3, 0.4) is 0 Å². The van der Waals surface area contributed by atoms with Crippen LogP contribution in [0.1, 0.15) is 24.5 Å². The number of fused-ring (bicyclic) bond motifs is 1. The van der Waals surface area contributed by atoms with Crippen LogP contribution in [0.15, 0.2) is 17.0 Å². The Kier molecular flexibility index (Phi) is 6.25. The van der Waals surface area contributed by atoms with Crippen LogP contribution >= 0.6 is 11.3 Å². The van der Waals surface area contributed by atoms with E-state index in [9.17, 15) is 17.6 Å². The van der Waals surface area contributed by atoms with Crippen molar-refractivity contribution in [1.29, 1.82) is 0 Å². The summed E-state index contributed by atoms with van der Waals surface area (Å²) < 4.78 is 46.3. The molecule has 2 aromatic heterocycles. The van der Waals surface area contributed by atoms with E-state index >= 15 is 0 Å². The van der Waals surface area contributed by atoms with Gasteiger partial charge in [0.2, 0.25) is 21.1 Å². The predicted octanol–water partition coefficient (Wildman–Crippen LogP) is 1.37. The Balaban J connectivity index is 1.71. The molecule has 3 aromatic rings. The van der Waals surface area contributed by atoms with Crippen molar-refractivity contribution in [2.45, 2.75) is 31.1 Å². The molecule has 1 aromatic carbocycles. The van der Waals surface area contributed by atoms with Crippen molar-refractivity contribution in [3.8, 4) is 5.13 Å². The Morgan fingerprint density at radius 2 is 1.92 bits per heavy atom. The highest BCUT2D eigenvalue weighted by Crippen LogP contribution is 2.43. The fraction of sp³-hybridized carbons (Fsp3) is 0.545. The van der Waals surface area contributed by atoms with Crippen molar-refractivity contribution >= 4 is 43.9 Å². The van der Waals surface area contributed by atoms with E-state index in [-0.39, 0.29) is 29.9 Å². The highest BCUT2D eigenvalue weighted by atomic mass is 32.2. The molecule has 5 rings (SSSR count). The number of rotatable bonds is 6. The second-order valence-corrected chi connectivity index (χ2v) is 12.3. The van der Waals surface area contributed by atoms with Gasteiger partial charge in [0.15, 0.2) is 0 Å². The zero-order valence-corrected chi connectivity index (χ0v) is 21.9. The van der Waals surface area contributed by atoms with Gasteiger partial charge in [0.1, 0.15) is 11.7 Å². The minimum absolute atomic E-state index is 0.0706. The van der Waals surface area contributed by atoms with Gasteiger partial charge >= 0.3 is 0 Å². The summed E-state index contributed by atoms with van der Waals surface area (Å²) in [7, 11) is -4.07. The number of alkyl halides is 1. The third-order valence-corrected chi connectivity index (χ3v) is 8.41. The lowest BCUT2D eigenvalue weighted by Gasteiger charge is -2.39. The quantitative estimate of drug-likeness (QED) is 0.498. The number of sulfonamides is 1. The molecule has 0 spiro atoms. The van der Waals surface area contributed by atoms with Crippen LogP contribution in [0.25, 0.3) is 16.0 Å². The third-order valence-electron chi connectivity index (χ3n) is 6.70. The molecule has 11 nitrogen and oxygen atoms in total. The monoisotopic (exact) mass is 537 g/mol. The molecule has 2 aliphatic heterocycles. The molecule has 14 heteroatoms. The minimum Gasteiger partial charge on any atom is -0.379 e. The highest BCUT2D eigenvalue weighted by molar-refractivity contribution is 7.89. The van der Waals surface area contributed by atoms with Crippen molar-refractivity contribution in [3.63, 3.8) is 0 Å². The topological polar surface area (TPSA) is 137 Å². The number of hydrogen-bond donors (Lipinski definition) is 1. The fourth-order valence-electron chi connectivity index (χ4n) is 4.66. The van der Waals surface area contributed by atoms with Crippen LogP contribution in [-0.2, 0) is 25.0 Å². The van der Waals surface area contributed by atoms with E-state index in [0.717, 1.165) is 0 Å². The van der Waals surface area contributed by atoms with Gasteiger partial charge in [-0.2, -0.15) is 5.10 Å². The minimum atomic E-state index is -4.07. The summed E-state index contributed by atoms with van der Waals surface area (Å²) in [5, 5.41) is 20.3. The number of nitrogens with zero attached hydrogens (tertiary/aromatic N) is 6. The summed E-state index contributed by atoms with van der Waals surface area (Å²) in [6, 6.07) is 2.97. The highest BCUT2D eigenvalue weighted by Gasteiger charge is 2.46.